The number of nitrogens with zero attached hydrogens (tertiary/aromatic N) is 1. The van der Waals surface area contributed by atoms with Gasteiger partial charge < -0.3 is 15.0 Å². The van der Waals surface area contributed by atoms with Crippen LogP contribution in [-0.2, 0) is 16.0 Å². The van der Waals surface area contributed by atoms with Crippen molar-refractivity contribution in [3.8, 4) is 0 Å². The molecule has 1 aliphatic heterocycles. The summed E-state index contributed by atoms with van der Waals surface area (Å²) >= 11 is 0. The number of nitrogens with one attached hydrogen (secondary N) is 1. The summed E-state index contributed by atoms with van der Waals surface area (Å²) in [6.07, 6.45) is 2.67. The average molecular weight is 316 g/mol. The molecule has 0 unspecified atom stereocenters. The van der Waals surface area contributed by atoms with Crippen LogP contribution in [0.4, 0.5) is 5.69 Å². The van der Waals surface area contributed by atoms with Crippen molar-refractivity contribution >= 4 is 17.4 Å². The third-order valence-corrected chi connectivity index (χ3v) is 4.48. The molecule has 1 fully saturated rings. The molecule has 1 amide bonds. The van der Waals surface area contributed by atoms with Crippen molar-refractivity contribution in [2.75, 3.05) is 25.0 Å². The normalized spacial score (nSPS) is 24.3. The summed E-state index contributed by atoms with van der Waals surface area (Å²) in [5.41, 5.74) is 2.76. The lowest BCUT2D eigenvalue weighted by atomic mass is 9.90. The second-order valence-electron chi connectivity index (χ2n) is 6.56. The van der Waals surface area contributed by atoms with E-state index in [9.17, 15) is 9.59 Å². The first-order valence-corrected chi connectivity index (χ1v) is 8.36. The van der Waals surface area contributed by atoms with Gasteiger partial charge in [0, 0.05) is 30.8 Å². The van der Waals surface area contributed by atoms with E-state index in [2.05, 4.69) is 5.32 Å². The van der Waals surface area contributed by atoms with Crippen molar-refractivity contribution in [1.82, 2.24) is 4.90 Å². The SMILES string of the molecule is C[C@@H]1CN(C(=O)CNc2ccc3c(c2)C(=O)CCC3)C[C@H](C)O1. The minimum absolute atomic E-state index is 0.0658. The van der Waals surface area contributed by atoms with Gasteiger partial charge in [0.05, 0.1) is 18.8 Å². The van der Waals surface area contributed by atoms with E-state index in [1.54, 1.807) is 0 Å². The quantitative estimate of drug-likeness (QED) is 0.929. The third kappa shape index (κ3) is 3.72. The van der Waals surface area contributed by atoms with Gasteiger partial charge in [-0.3, -0.25) is 9.59 Å². The minimum Gasteiger partial charge on any atom is -0.376 e. The number of aryl methyl sites for hydroxylation is 1. The molecule has 124 valence electrons. The zero-order valence-corrected chi connectivity index (χ0v) is 13.8. The largest absolute Gasteiger partial charge is 0.376 e. The van der Waals surface area contributed by atoms with Crippen molar-refractivity contribution in [3.63, 3.8) is 0 Å². The fourth-order valence-corrected chi connectivity index (χ4v) is 3.41. The second kappa shape index (κ2) is 6.71. The van der Waals surface area contributed by atoms with E-state index in [0.29, 0.717) is 19.5 Å². The molecule has 2 aliphatic rings. The number of ketones is 1. The highest BCUT2D eigenvalue weighted by molar-refractivity contribution is 5.99. The van der Waals surface area contributed by atoms with E-state index in [1.165, 1.54) is 0 Å². The number of ether oxygens (including phenoxy) is 1. The summed E-state index contributed by atoms with van der Waals surface area (Å²) in [5.74, 6) is 0.271. The van der Waals surface area contributed by atoms with Crippen LogP contribution in [0.5, 0.6) is 0 Å². The van der Waals surface area contributed by atoms with Gasteiger partial charge in [0.2, 0.25) is 5.91 Å². The van der Waals surface area contributed by atoms with E-state index in [4.69, 9.17) is 4.74 Å². The Morgan fingerprint density at radius 2 is 2.00 bits per heavy atom. The maximum Gasteiger partial charge on any atom is 0.242 e. The maximum atomic E-state index is 12.4. The topological polar surface area (TPSA) is 58.6 Å². The van der Waals surface area contributed by atoms with Crippen LogP contribution in [0, 0.1) is 0 Å². The van der Waals surface area contributed by atoms with Crippen LogP contribution >= 0.6 is 0 Å². The number of hydrogen-bond acceptors (Lipinski definition) is 4. The molecular weight excluding hydrogens is 292 g/mol. The highest BCUT2D eigenvalue weighted by atomic mass is 16.5. The lowest BCUT2D eigenvalue weighted by molar-refractivity contribution is -0.141. The molecule has 5 nitrogen and oxygen atoms in total. The molecule has 1 aliphatic carbocycles. The van der Waals surface area contributed by atoms with E-state index >= 15 is 0 Å². The zero-order valence-electron chi connectivity index (χ0n) is 13.8. The summed E-state index contributed by atoms with van der Waals surface area (Å²) in [6.45, 7) is 5.48. The fraction of sp³-hybridized carbons (Fsp3) is 0.556. The molecule has 1 saturated heterocycles. The Balaban J connectivity index is 1.61. The first kappa shape index (κ1) is 16.0. The smallest absolute Gasteiger partial charge is 0.242 e. The number of rotatable bonds is 3. The molecule has 1 aromatic rings. The van der Waals surface area contributed by atoms with E-state index in [1.807, 2.05) is 36.9 Å². The van der Waals surface area contributed by atoms with Crippen molar-refractivity contribution in [1.29, 1.82) is 0 Å². The number of carbonyl (C=O) groups is 2. The Morgan fingerprint density at radius 3 is 2.74 bits per heavy atom. The molecule has 0 saturated carbocycles. The monoisotopic (exact) mass is 316 g/mol. The van der Waals surface area contributed by atoms with Gasteiger partial charge in [0.25, 0.3) is 0 Å². The highest BCUT2D eigenvalue weighted by Crippen LogP contribution is 2.24. The standard InChI is InChI=1S/C18H24N2O3/c1-12-10-20(11-13(2)23-12)18(22)9-19-15-7-6-14-4-3-5-17(21)16(14)8-15/h6-8,12-13,19H,3-5,9-11H2,1-2H3/t12-,13+. The number of carbonyl (C=O) groups excluding carboxylic acids is 2. The predicted molar refractivity (Wildman–Crippen MR) is 88.8 cm³/mol. The van der Waals surface area contributed by atoms with Crippen LogP contribution in [0.25, 0.3) is 0 Å². The van der Waals surface area contributed by atoms with Gasteiger partial charge in [-0.15, -0.1) is 0 Å². The van der Waals surface area contributed by atoms with Crippen LogP contribution in [0.15, 0.2) is 18.2 Å². The Hall–Kier alpha value is -1.88. The number of amides is 1. The molecule has 1 N–H and O–H groups in total. The number of morpholine rings is 1. The third-order valence-electron chi connectivity index (χ3n) is 4.48. The van der Waals surface area contributed by atoms with Crippen molar-refractivity contribution < 1.29 is 14.3 Å². The molecule has 2 atom stereocenters. The van der Waals surface area contributed by atoms with Crippen LogP contribution in [-0.4, -0.2) is 48.4 Å². The highest BCUT2D eigenvalue weighted by Gasteiger charge is 2.25. The van der Waals surface area contributed by atoms with Gasteiger partial charge in [0.1, 0.15) is 0 Å². The number of fused-ring (bicyclic) bond motifs is 1. The van der Waals surface area contributed by atoms with Gasteiger partial charge >= 0.3 is 0 Å². The van der Waals surface area contributed by atoms with Crippen LogP contribution in [0.2, 0.25) is 0 Å². The zero-order chi connectivity index (χ0) is 16.4. The molecule has 0 spiro atoms. The van der Waals surface area contributed by atoms with Gasteiger partial charge in [-0.05, 0) is 44.4 Å². The van der Waals surface area contributed by atoms with Crippen LogP contribution in [0.1, 0.15) is 42.6 Å². The minimum atomic E-state index is 0.0658. The van der Waals surface area contributed by atoms with Crippen LogP contribution in [0.3, 0.4) is 0 Å². The summed E-state index contributed by atoms with van der Waals surface area (Å²) in [7, 11) is 0. The summed E-state index contributed by atoms with van der Waals surface area (Å²) in [5, 5.41) is 3.16. The summed E-state index contributed by atoms with van der Waals surface area (Å²) in [6, 6.07) is 5.84. The molecule has 0 radical (unpaired) electrons. The first-order chi connectivity index (χ1) is 11.0. The lowest BCUT2D eigenvalue weighted by Crippen LogP contribution is -2.49. The van der Waals surface area contributed by atoms with Gasteiger partial charge in [-0.1, -0.05) is 6.07 Å². The Labute approximate surface area is 137 Å². The first-order valence-electron chi connectivity index (χ1n) is 8.36. The number of anilines is 1. The summed E-state index contributed by atoms with van der Waals surface area (Å²) < 4.78 is 5.65. The van der Waals surface area contributed by atoms with Gasteiger partial charge in [-0.2, -0.15) is 0 Å². The van der Waals surface area contributed by atoms with Crippen molar-refractivity contribution in [2.24, 2.45) is 0 Å². The van der Waals surface area contributed by atoms with Crippen molar-refractivity contribution in [3.05, 3.63) is 29.3 Å². The summed E-state index contributed by atoms with van der Waals surface area (Å²) in [4.78, 5) is 26.2. The number of hydrogen-bond donors (Lipinski definition) is 1. The second-order valence-corrected chi connectivity index (χ2v) is 6.56. The molecule has 5 heteroatoms. The number of Topliss-reactive ketones (excluding diaryl/α,β-unsaturated/α-hetero) is 1. The molecule has 23 heavy (non-hydrogen) atoms. The van der Waals surface area contributed by atoms with E-state index in [0.717, 1.165) is 29.7 Å². The molecule has 0 aromatic heterocycles. The van der Waals surface area contributed by atoms with Gasteiger partial charge in [-0.25, -0.2) is 0 Å². The lowest BCUT2D eigenvalue weighted by Gasteiger charge is -2.35. The van der Waals surface area contributed by atoms with Crippen LogP contribution < -0.4 is 5.32 Å². The molecule has 3 rings (SSSR count). The predicted octanol–water partition coefficient (Wildman–Crippen LogP) is 2.25. The van der Waals surface area contributed by atoms with Gasteiger partial charge in [0.15, 0.2) is 5.78 Å². The number of benzene rings is 1. The molecule has 1 heterocycles. The Morgan fingerprint density at radius 1 is 1.26 bits per heavy atom. The van der Waals surface area contributed by atoms with E-state index < -0.39 is 0 Å². The fourth-order valence-electron chi connectivity index (χ4n) is 3.41. The maximum absolute atomic E-state index is 12.4. The average Bonchev–Trinajstić information content (AvgIpc) is 2.52. The van der Waals surface area contributed by atoms with E-state index in [-0.39, 0.29) is 30.4 Å². The Kier molecular flexibility index (Phi) is 4.66. The molecular formula is C18H24N2O3. The van der Waals surface area contributed by atoms with Crippen molar-refractivity contribution in [2.45, 2.75) is 45.3 Å². The Bertz CT molecular complexity index is 604. The molecule has 0 bridgehead atoms. The molecule has 1 aromatic carbocycles.